The first-order chi connectivity index (χ1) is 8.49. The molecule has 0 N–H and O–H groups in total. The monoisotopic (exact) mass is 284 g/mol. The van der Waals surface area contributed by atoms with E-state index in [0.29, 0.717) is 12.3 Å². The number of hydrogen-bond donors (Lipinski definition) is 0. The van der Waals surface area contributed by atoms with Gasteiger partial charge in [0, 0.05) is 5.92 Å². The van der Waals surface area contributed by atoms with Gasteiger partial charge in [0.2, 0.25) is 0 Å². The Bertz CT molecular complexity index is 292. The predicted molar refractivity (Wildman–Crippen MR) is 63.0 cm³/mol. The van der Waals surface area contributed by atoms with Gasteiger partial charge in [0.1, 0.15) is 0 Å². The van der Waals surface area contributed by atoms with Crippen LogP contribution in [0.2, 0.25) is 0 Å². The van der Waals surface area contributed by atoms with E-state index in [1.54, 1.807) is 0 Å². The van der Waals surface area contributed by atoms with Gasteiger partial charge in [-0.3, -0.25) is 0 Å². The van der Waals surface area contributed by atoms with Crippen LogP contribution in [0.4, 0.5) is 0 Å². The molecule has 0 spiro atoms. The van der Waals surface area contributed by atoms with E-state index in [0.717, 1.165) is 25.7 Å². The number of carboxylic acids is 2. The molecule has 2 atom stereocenters. The fourth-order valence-electron chi connectivity index (χ4n) is 3.37. The zero-order valence-electron chi connectivity index (χ0n) is 13.2. The second kappa shape index (κ2) is 11.2. The molecular formula is C14H22LiNaO4. The second-order valence-corrected chi connectivity index (χ2v) is 5.45. The molecule has 1 fully saturated rings. The van der Waals surface area contributed by atoms with Crippen LogP contribution in [-0.4, -0.2) is 11.9 Å². The van der Waals surface area contributed by atoms with Gasteiger partial charge in [-0.1, -0.05) is 52.4 Å². The maximum atomic E-state index is 11.0. The van der Waals surface area contributed by atoms with Crippen LogP contribution in [-0.2, 0) is 9.59 Å². The summed E-state index contributed by atoms with van der Waals surface area (Å²) in [4.78, 5) is 22.0. The summed E-state index contributed by atoms with van der Waals surface area (Å²) < 4.78 is 0. The summed E-state index contributed by atoms with van der Waals surface area (Å²) in [6, 6.07) is 0. The summed E-state index contributed by atoms with van der Waals surface area (Å²) in [6.07, 6.45) is 6.23. The van der Waals surface area contributed by atoms with Crippen molar-refractivity contribution in [3.8, 4) is 0 Å². The smallest absolute Gasteiger partial charge is 0.549 e. The number of rotatable bonds is 6. The summed E-state index contributed by atoms with van der Waals surface area (Å²) >= 11 is 0. The summed E-state index contributed by atoms with van der Waals surface area (Å²) in [6.45, 7) is 3.81. The average molecular weight is 284 g/mol. The number of carboxylic acid groups (broad SMARTS) is 2. The van der Waals surface area contributed by atoms with Crippen LogP contribution < -0.4 is 58.6 Å². The van der Waals surface area contributed by atoms with Crippen LogP contribution in [0.25, 0.3) is 0 Å². The SMILES string of the molecule is CCC(C(C(=O)[O-])C(=O)[O-])C(C)C1CCCCC1.[Li+].[Na+]. The normalized spacial score (nSPS) is 18.6. The van der Waals surface area contributed by atoms with Crippen molar-refractivity contribution in [1.29, 1.82) is 0 Å². The molecule has 104 valence electrons. The summed E-state index contributed by atoms with van der Waals surface area (Å²) in [5.41, 5.74) is 0. The van der Waals surface area contributed by atoms with Crippen molar-refractivity contribution in [2.45, 2.75) is 52.4 Å². The number of carbonyl (C=O) groups excluding carboxylic acids is 2. The Labute approximate surface area is 155 Å². The van der Waals surface area contributed by atoms with Crippen LogP contribution in [0.15, 0.2) is 0 Å². The third-order valence-electron chi connectivity index (χ3n) is 4.48. The van der Waals surface area contributed by atoms with E-state index in [9.17, 15) is 19.8 Å². The molecule has 0 radical (unpaired) electrons. The Balaban J connectivity index is 0. The van der Waals surface area contributed by atoms with E-state index in [1.165, 1.54) is 6.42 Å². The van der Waals surface area contributed by atoms with E-state index >= 15 is 0 Å². The Morgan fingerprint density at radius 1 is 1.10 bits per heavy atom. The Kier molecular flexibility index (Phi) is 12.7. The van der Waals surface area contributed by atoms with Crippen molar-refractivity contribution in [3.05, 3.63) is 0 Å². The largest absolute Gasteiger partial charge is 1.00 e. The molecule has 6 heteroatoms. The molecule has 0 bridgehead atoms. The van der Waals surface area contributed by atoms with Gasteiger partial charge in [-0.05, 0) is 17.8 Å². The summed E-state index contributed by atoms with van der Waals surface area (Å²) in [5.74, 6) is -4.36. The molecule has 20 heavy (non-hydrogen) atoms. The van der Waals surface area contributed by atoms with Gasteiger partial charge < -0.3 is 19.8 Å². The first kappa shape index (κ1) is 22.8. The molecule has 1 rings (SSSR count). The van der Waals surface area contributed by atoms with Crippen molar-refractivity contribution in [3.63, 3.8) is 0 Å². The van der Waals surface area contributed by atoms with E-state index < -0.39 is 17.9 Å². The molecule has 1 aliphatic carbocycles. The molecule has 0 heterocycles. The molecule has 1 saturated carbocycles. The Morgan fingerprint density at radius 2 is 1.55 bits per heavy atom. The molecule has 4 nitrogen and oxygen atoms in total. The van der Waals surface area contributed by atoms with Crippen LogP contribution in [0, 0.1) is 23.7 Å². The van der Waals surface area contributed by atoms with Crippen molar-refractivity contribution in [2.75, 3.05) is 0 Å². The molecule has 0 amide bonds. The number of carbonyl (C=O) groups is 2. The van der Waals surface area contributed by atoms with Crippen LogP contribution >= 0.6 is 0 Å². The minimum Gasteiger partial charge on any atom is -0.549 e. The van der Waals surface area contributed by atoms with Crippen LogP contribution in [0.5, 0.6) is 0 Å². The standard InChI is InChI=1S/C14H24O4.Li.Na/c1-3-11(12(13(15)16)14(17)18)9(2)10-7-5-4-6-8-10;;/h9-12H,3-8H2,1-2H3,(H,15,16)(H,17,18);;/q;2*+1/p-2. The van der Waals surface area contributed by atoms with Gasteiger partial charge in [-0.15, -0.1) is 0 Å². The fraction of sp³-hybridized carbons (Fsp3) is 0.857. The molecule has 0 aromatic carbocycles. The van der Waals surface area contributed by atoms with E-state index in [-0.39, 0.29) is 60.3 Å². The zero-order valence-corrected chi connectivity index (χ0v) is 15.2. The van der Waals surface area contributed by atoms with Crippen molar-refractivity contribution >= 4 is 11.9 Å². The van der Waals surface area contributed by atoms with Gasteiger partial charge in [-0.25, -0.2) is 0 Å². The minimum absolute atomic E-state index is 0. The molecule has 0 aromatic rings. The second-order valence-electron chi connectivity index (χ2n) is 5.45. The maximum Gasteiger partial charge on any atom is 1.00 e. The van der Waals surface area contributed by atoms with Crippen molar-refractivity contribution in [2.24, 2.45) is 23.7 Å². The van der Waals surface area contributed by atoms with Gasteiger partial charge in [0.15, 0.2) is 0 Å². The Hall–Kier alpha value is 0.537. The molecule has 0 aromatic heterocycles. The van der Waals surface area contributed by atoms with Gasteiger partial charge in [0.05, 0.1) is 11.9 Å². The molecule has 1 aliphatic rings. The van der Waals surface area contributed by atoms with Crippen LogP contribution in [0.1, 0.15) is 52.4 Å². The third-order valence-corrected chi connectivity index (χ3v) is 4.48. The predicted octanol–water partition coefficient (Wildman–Crippen LogP) is -5.65. The first-order valence-corrected chi connectivity index (χ1v) is 6.90. The van der Waals surface area contributed by atoms with Crippen LogP contribution in [0.3, 0.4) is 0 Å². The molecule has 0 aliphatic heterocycles. The van der Waals surface area contributed by atoms with Gasteiger partial charge >= 0.3 is 48.4 Å². The molecular weight excluding hydrogens is 262 g/mol. The van der Waals surface area contributed by atoms with E-state index in [2.05, 4.69) is 0 Å². The molecule has 2 unspecified atom stereocenters. The van der Waals surface area contributed by atoms with E-state index in [1.807, 2.05) is 13.8 Å². The maximum absolute atomic E-state index is 11.0. The topological polar surface area (TPSA) is 80.3 Å². The first-order valence-electron chi connectivity index (χ1n) is 6.90. The summed E-state index contributed by atoms with van der Waals surface area (Å²) in [7, 11) is 0. The Morgan fingerprint density at radius 3 is 1.90 bits per heavy atom. The quantitative estimate of drug-likeness (QED) is 0.360. The third kappa shape index (κ3) is 6.11. The van der Waals surface area contributed by atoms with Crippen molar-refractivity contribution in [1.82, 2.24) is 0 Å². The number of hydrogen-bond acceptors (Lipinski definition) is 4. The average Bonchev–Trinajstić information content (AvgIpc) is 2.35. The fourth-order valence-corrected chi connectivity index (χ4v) is 3.37. The number of aliphatic carboxylic acids is 2. The minimum atomic E-state index is -1.51. The van der Waals surface area contributed by atoms with Crippen molar-refractivity contribution < 1.29 is 68.2 Å². The molecule has 0 saturated heterocycles. The summed E-state index contributed by atoms with van der Waals surface area (Å²) in [5, 5.41) is 22.0. The van der Waals surface area contributed by atoms with Gasteiger partial charge in [0.25, 0.3) is 0 Å². The van der Waals surface area contributed by atoms with E-state index in [4.69, 9.17) is 0 Å². The zero-order chi connectivity index (χ0) is 13.7. The van der Waals surface area contributed by atoms with Gasteiger partial charge in [-0.2, -0.15) is 0 Å².